The maximum atomic E-state index is 6.01. The van der Waals surface area contributed by atoms with Crippen LogP contribution in [0, 0.1) is 0 Å². The van der Waals surface area contributed by atoms with Crippen LogP contribution in [0.5, 0.6) is 0 Å². The number of anilines is 2. The van der Waals surface area contributed by atoms with Crippen molar-refractivity contribution in [2.45, 2.75) is 0 Å². The Morgan fingerprint density at radius 1 is 0.462 bits per heavy atom. The SMILES string of the molecule is c1ccc(-c2ccc3sc4ccccc4c3c2)c(Nc2ccc(-c3ccc4oc5ccccc5c4c3)cc2)c1. The zero-order valence-corrected chi connectivity index (χ0v) is 21.8. The molecule has 0 saturated carbocycles. The first-order valence-electron chi connectivity index (χ1n) is 13.1. The Morgan fingerprint density at radius 2 is 1.13 bits per heavy atom. The highest BCUT2D eigenvalue weighted by Crippen LogP contribution is 2.39. The second-order valence-electron chi connectivity index (χ2n) is 9.87. The Labute approximate surface area is 229 Å². The molecule has 2 heterocycles. The summed E-state index contributed by atoms with van der Waals surface area (Å²) < 4.78 is 8.66. The monoisotopic (exact) mass is 517 g/mol. The van der Waals surface area contributed by atoms with Crippen LogP contribution in [-0.4, -0.2) is 0 Å². The number of nitrogens with one attached hydrogen (secondary N) is 1. The molecule has 0 aliphatic heterocycles. The van der Waals surface area contributed by atoms with Crippen LogP contribution in [-0.2, 0) is 0 Å². The minimum absolute atomic E-state index is 0.920. The van der Waals surface area contributed by atoms with E-state index in [0.29, 0.717) is 0 Å². The van der Waals surface area contributed by atoms with Crippen molar-refractivity contribution in [1.29, 1.82) is 0 Å². The molecular weight excluding hydrogens is 494 g/mol. The van der Waals surface area contributed by atoms with Gasteiger partial charge >= 0.3 is 0 Å². The number of benzene rings is 6. The molecule has 8 aromatic rings. The van der Waals surface area contributed by atoms with Gasteiger partial charge in [0.15, 0.2) is 0 Å². The second kappa shape index (κ2) is 8.87. The van der Waals surface area contributed by atoms with Gasteiger partial charge in [-0.1, -0.05) is 78.9 Å². The van der Waals surface area contributed by atoms with E-state index in [9.17, 15) is 0 Å². The molecule has 0 aliphatic carbocycles. The van der Waals surface area contributed by atoms with E-state index < -0.39 is 0 Å². The predicted octanol–water partition coefficient (Wildman–Crippen LogP) is 11.0. The van der Waals surface area contributed by atoms with E-state index in [4.69, 9.17) is 4.42 Å². The van der Waals surface area contributed by atoms with E-state index in [2.05, 4.69) is 127 Å². The van der Waals surface area contributed by atoms with Crippen molar-refractivity contribution in [3.8, 4) is 22.3 Å². The number of fused-ring (bicyclic) bond motifs is 6. The summed E-state index contributed by atoms with van der Waals surface area (Å²) in [7, 11) is 0. The van der Waals surface area contributed by atoms with Gasteiger partial charge in [-0.15, -0.1) is 11.3 Å². The Kier molecular flexibility index (Phi) is 5.04. The van der Waals surface area contributed by atoms with Crippen molar-refractivity contribution in [2.75, 3.05) is 5.32 Å². The van der Waals surface area contributed by atoms with E-state index in [0.717, 1.165) is 33.3 Å². The highest BCUT2D eigenvalue weighted by molar-refractivity contribution is 7.25. The van der Waals surface area contributed by atoms with Gasteiger partial charge in [0, 0.05) is 47.9 Å². The quantitative estimate of drug-likeness (QED) is 0.251. The molecule has 39 heavy (non-hydrogen) atoms. The van der Waals surface area contributed by atoms with Crippen LogP contribution in [0.4, 0.5) is 11.4 Å². The van der Waals surface area contributed by atoms with Gasteiger partial charge in [0.05, 0.1) is 0 Å². The largest absolute Gasteiger partial charge is 0.456 e. The van der Waals surface area contributed by atoms with Gasteiger partial charge in [0.2, 0.25) is 0 Å². The van der Waals surface area contributed by atoms with E-state index in [1.807, 2.05) is 23.5 Å². The van der Waals surface area contributed by atoms with Crippen molar-refractivity contribution in [3.05, 3.63) is 133 Å². The van der Waals surface area contributed by atoms with Crippen LogP contribution in [0.25, 0.3) is 64.4 Å². The molecule has 0 amide bonds. The molecule has 2 aromatic heterocycles. The summed E-state index contributed by atoms with van der Waals surface area (Å²) in [4.78, 5) is 0. The summed E-state index contributed by atoms with van der Waals surface area (Å²) in [5.74, 6) is 0. The third-order valence-electron chi connectivity index (χ3n) is 7.49. The van der Waals surface area contributed by atoms with Crippen LogP contribution in [0.1, 0.15) is 0 Å². The summed E-state index contributed by atoms with van der Waals surface area (Å²) in [6.45, 7) is 0. The van der Waals surface area contributed by atoms with Crippen LogP contribution >= 0.6 is 11.3 Å². The lowest BCUT2D eigenvalue weighted by atomic mass is 10.0. The zero-order chi connectivity index (χ0) is 25.8. The lowest BCUT2D eigenvalue weighted by Crippen LogP contribution is -1.93. The lowest BCUT2D eigenvalue weighted by Gasteiger charge is -2.13. The smallest absolute Gasteiger partial charge is 0.135 e. The standard InChI is InChI=1S/C36H23NOS/c1-4-10-32(27(7-1)25-16-20-36-31(22-25)29-9-3-6-12-35(29)39-36)37-26-17-13-23(14-18-26)24-15-19-34-30(21-24)28-8-2-5-11-33(28)38-34/h1-22,37H. The first-order chi connectivity index (χ1) is 19.3. The molecule has 8 rings (SSSR count). The number of rotatable bonds is 4. The van der Waals surface area contributed by atoms with Crippen molar-refractivity contribution in [1.82, 2.24) is 0 Å². The van der Waals surface area contributed by atoms with E-state index in [1.165, 1.54) is 42.4 Å². The molecule has 6 aromatic carbocycles. The van der Waals surface area contributed by atoms with Crippen LogP contribution in [0.2, 0.25) is 0 Å². The van der Waals surface area contributed by atoms with E-state index >= 15 is 0 Å². The topological polar surface area (TPSA) is 25.2 Å². The van der Waals surface area contributed by atoms with Crippen molar-refractivity contribution >= 4 is 64.8 Å². The van der Waals surface area contributed by atoms with Gasteiger partial charge in [-0.25, -0.2) is 0 Å². The molecule has 0 radical (unpaired) electrons. The van der Waals surface area contributed by atoms with Crippen LogP contribution < -0.4 is 5.32 Å². The van der Waals surface area contributed by atoms with Gasteiger partial charge in [-0.3, -0.25) is 0 Å². The molecule has 0 atom stereocenters. The number of thiophene rings is 1. The van der Waals surface area contributed by atoms with Gasteiger partial charge in [-0.05, 0) is 71.3 Å². The normalized spacial score (nSPS) is 11.6. The predicted molar refractivity (Wildman–Crippen MR) is 167 cm³/mol. The molecule has 1 N–H and O–H groups in total. The highest BCUT2D eigenvalue weighted by atomic mass is 32.1. The minimum atomic E-state index is 0.920. The Bertz CT molecular complexity index is 2150. The maximum Gasteiger partial charge on any atom is 0.135 e. The number of hydrogen-bond donors (Lipinski definition) is 1. The first kappa shape index (κ1) is 22.2. The van der Waals surface area contributed by atoms with Crippen LogP contribution in [0.3, 0.4) is 0 Å². The highest BCUT2D eigenvalue weighted by Gasteiger charge is 2.11. The molecular formula is C36H23NOS. The zero-order valence-electron chi connectivity index (χ0n) is 21.0. The van der Waals surface area contributed by atoms with Crippen molar-refractivity contribution in [3.63, 3.8) is 0 Å². The summed E-state index contributed by atoms with van der Waals surface area (Å²) >= 11 is 1.85. The fraction of sp³-hybridized carbons (Fsp3) is 0. The number of para-hydroxylation sites is 2. The number of furan rings is 1. The average molecular weight is 518 g/mol. The average Bonchev–Trinajstić information content (AvgIpc) is 3.55. The summed E-state index contributed by atoms with van der Waals surface area (Å²) in [6, 6.07) is 47.3. The molecule has 2 nitrogen and oxygen atoms in total. The van der Waals surface area contributed by atoms with Gasteiger partial charge in [0.25, 0.3) is 0 Å². The molecule has 0 unspecified atom stereocenters. The molecule has 0 spiro atoms. The van der Waals surface area contributed by atoms with E-state index in [-0.39, 0.29) is 0 Å². The molecule has 0 bridgehead atoms. The van der Waals surface area contributed by atoms with Gasteiger partial charge in [0.1, 0.15) is 11.2 Å². The van der Waals surface area contributed by atoms with Crippen LogP contribution in [0.15, 0.2) is 138 Å². The maximum absolute atomic E-state index is 6.01. The fourth-order valence-corrected chi connectivity index (χ4v) is 6.63. The fourth-order valence-electron chi connectivity index (χ4n) is 5.54. The Hall–Kier alpha value is -4.86. The third kappa shape index (κ3) is 3.79. The second-order valence-corrected chi connectivity index (χ2v) is 11.0. The number of hydrogen-bond acceptors (Lipinski definition) is 3. The summed E-state index contributed by atoms with van der Waals surface area (Å²) in [5.41, 5.74) is 8.76. The third-order valence-corrected chi connectivity index (χ3v) is 8.64. The van der Waals surface area contributed by atoms with E-state index in [1.54, 1.807) is 0 Å². The Balaban J connectivity index is 1.12. The minimum Gasteiger partial charge on any atom is -0.456 e. The first-order valence-corrected chi connectivity index (χ1v) is 13.9. The molecule has 184 valence electrons. The molecule has 0 aliphatic rings. The van der Waals surface area contributed by atoms with Gasteiger partial charge < -0.3 is 9.73 Å². The Morgan fingerprint density at radius 3 is 2.05 bits per heavy atom. The molecule has 0 fully saturated rings. The molecule has 0 saturated heterocycles. The summed E-state index contributed by atoms with van der Waals surface area (Å²) in [5, 5.41) is 8.60. The lowest BCUT2D eigenvalue weighted by molar-refractivity contribution is 0.669. The van der Waals surface area contributed by atoms with Gasteiger partial charge in [-0.2, -0.15) is 0 Å². The van der Waals surface area contributed by atoms with Crippen molar-refractivity contribution < 1.29 is 4.42 Å². The van der Waals surface area contributed by atoms with Crippen molar-refractivity contribution in [2.24, 2.45) is 0 Å². The molecule has 3 heteroatoms. The summed E-state index contributed by atoms with van der Waals surface area (Å²) in [6.07, 6.45) is 0.